The molecule has 0 atom stereocenters. The standard InChI is InChI=1S/C10H15N5.C2H6/c1-8-3-5-9(6-4-8)14-10(12)15(2)13-7-11;1-2/h3-7H,1-2H3,(H2,11,13)(H2,12,14);1-2H3. The predicted molar refractivity (Wildman–Crippen MR) is 74.3 cm³/mol. The van der Waals surface area contributed by atoms with Crippen LogP contribution < -0.4 is 11.5 Å². The van der Waals surface area contributed by atoms with Crippen LogP contribution >= 0.6 is 0 Å². The molecule has 0 aliphatic carbocycles. The van der Waals surface area contributed by atoms with Crippen molar-refractivity contribution in [1.82, 2.24) is 5.01 Å². The lowest BCUT2D eigenvalue weighted by atomic mass is 10.2. The molecule has 0 bridgehead atoms. The number of hydrogen-bond acceptors (Lipinski definition) is 2. The normalized spacial score (nSPS) is 10.9. The van der Waals surface area contributed by atoms with Crippen molar-refractivity contribution in [3.05, 3.63) is 29.8 Å². The Labute approximate surface area is 103 Å². The molecule has 1 aromatic rings. The molecule has 0 fully saturated rings. The minimum absolute atomic E-state index is 0.292. The van der Waals surface area contributed by atoms with Gasteiger partial charge in [-0.25, -0.2) is 10.0 Å². The first-order valence-electron chi connectivity index (χ1n) is 5.52. The summed E-state index contributed by atoms with van der Waals surface area (Å²) in [7, 11) is 1.68. The minimum atomic E-state index is 0.292. The number of benzene rings is 1. The number of nitrogens with zero attached hydrogens (tertiary/aromatic N) is 3. The van der Waals surface area contributed by atoms with Gasteiger partial charge in [0.1, 0.15) is 6.34 Å². The Balaban J connectivity index is 0.00000121. The fourth-order valence-electron chi connectivity index (χ4n) is 0.983. The summed E-state index contributed by atoms with van der Waals surface area (Å²) in [6, 6.07) is 7.72. The number of rotatable bonds is 2. The third-order valence-electron chi connectivity index (χ3n) is 1.85. The van der Waals surface area contributed by atoms with Gasteiger partial charge >= 0.3 is 0 Å². The SMILES string of the molecule is CC.Cc1ccc(N=C(N)N(C)/N=C/N)cc1. The summed E-state index contributed by atoms with van der Waals surface area (Å²) in [4.78, 5) is 4.17. The lowest BCUT2D eigenvalue weighted by Gasteiger charge is -2.10. The molecule has 4 N–H and O–H groups in total. The van der Waals surface area contributed by atoms with Gasteiger partial charge in [0.2, 0.25) is 5.96 Å². The Morgan fingerprint density at radius 2 is 1.76 bits per heavy atom. The van der Waals surface area contributed by atoms with E-state index in [9.17, 15) is 0 Å². The Kier molecular flexibility index (Phi) is 7.17. The lowest BCUT2D eigenvalue weighted by molar-refractivity contribution is 0.540. The summed E-state index contributed by atoms with van der Waals surface area (Å²) >= 11 is 0. The molecule has 0 amide bonds. The van der Waals surface area contributed by atoms with E-state index in [0.29, 0.717) is 5.96 Å². The van der Waals surface area contributed by atoms with Crippen LogP contribution in [0, 0.1) is 6.92 Å². The first kappa shape index (κ1) is 15.0. The summed E-state index contributed by atoms with van der Waals surface area (Å²) in [6.07, 6.45) is 1.16. The molecule has 5 heteroatoms. The van der Waals surface area contributed by atoms with E-state index in [1.165, 1.54) is 10.6 Å². The van der Waals surface area contributed by atoms with E-state index in [4.69, 9.17) is 11.5 Å². The molecule has 0 aliphatic heterocycles. The van der Waals surface area contributed by atoms with Crippen LogP contribution in [0.4, 0.5) is 5.69 Å². The molecule has 0 aromatic heterocycles. The molecule has 0 saturated carbocycles. The number of nitrogens with two attached hydrogens (primary N) is 2. The number of aliphatic imine (C=N–C) groups is 1. The van der Waals surface area contributed by atoms with E-state index < -0.39 is 0 Å². The second kappa shape index (κ2) is 8.15. The maximum atomic E-state index is 5.68. The molecule has 5 nitrogen and oxygen atoms in total. The van der Waals surface area contributed by atoms with Gasteiger partial charge in [-0.3, -0.25) is 0 Å². The molecular weight excluding hydrogens is 214 g/mol. The Bertz CT molecular complexity index is 367. The summed E-state index contributed by atoms with van der Waals surface area (Å²) < 4.78 is 0. The first-order valence-corrected chi connectivity index (χ1v) is 5.52. The van der Waals surface area contributed by atoms with Gasteiger partial charge in [0, 0.05) is 7.05 Å². The molecule has 0 radical (unpaired) electrons. The van der Waals surface area contributed by atoms with Crippen molar-refractivity contribution >= 4 is 18.0 Å². The van der Waals surface area contributed by atoms with Crippen LogP contribution in [0.1, 0.15) is 19.4 Å². The monoisotopic (exact) mass is 235 g/mol. The van der Waals surface area contributed by atoms with Crippen LogP contribution in [-0.4, -0.2) is 24.4 Å². The zero-order valence-corrected chi connectivity index (χ0v) is 10.9. The second-order valence-corrected chi connectivity index (χ2v) is 3.09. The van der Waals surface area contributed by atoms with Crippen molar-refractivity contribution in [1.29, 1.82) is 0 Å². The highest BCUT2D eigenvalue weighted by Gasteiger charge is 1.98. The van der Waals surface area contributed by atoms with E-state index >= 15 is 0 Å². The van der Waals surface area contributed by atoms with E-state index in [0.717, 1.165) is 12.0 Å². The average molecular weight is 235 g/mol. The van der Waals surface area contributed by atoms with Crippen LogP contribution in [0.2, 0.25) is 0 Å². The van der Waals surface area contributed by atoms with Crippen molar-refractivity contribution < 1.29 is 0 Å². The Morgan fingerprint density at radius 1 is 1.24 bits per heavy atom. The molecule has 17 heavy (non-hydrogen) atoms. The van der Waals surface area contributed by atoms with Crippen molar-refractivity contribution in [2.75, 3.05) is 7.05 Å². The van der Waals surface area contributed by atoms with Crippen molar-refractivity contribution in [2.24, 2.45) is 21.6 Å². The van der Waals surface area contributed by atoms with Gasteiger partial charge in [-0.1, -0.05) is 31.5 Å². The van der Waals surface area contributed by atoms with Crippen molar-refractivity contribution in [3.63, 3.8) is 0 Å². The second-order valence-electron chi connectivity index (χ2n) is 3.09. The first-order chi connectivity index (χ1) is 8.13. The molecule has 0 saturated heterocycles. The van der Waals surface area contributed by atoms with Crippen LogP contribution in [-0.2, 0) is 0 Å². The fraction of sp³-hybridized carbons (Fsp3) is 0.333. The van der Waals surface area contributed by atoms with Gasteiger partial charge < -0.3 is 11.5 Å². The average Bonchev–Trinajstić information content (AvgIpc) is 2.35. The van der Waals surface area contributed by atoms with E-state index in [2.05, 4.69) is 10.1 Å². The van der Waals surface area contributed by atoms with Crippen LogP contribution in [0.3, 0.4) is 0 Å². The van der Waals surface area contributed by atoms with Gasteiger partial charge in [0.05, 0.1) is 5.69 Å². The highest BCUT2D eigenvalue weighted by atomic mass is 15.5. The summed E-state index contributed by atoms with van der Waals surface area (Å²) in [5.74, 6) is 0.292. The predicted octanol–water partition coefficient (Wildman–Crippen LogP) is 1.80. The van der Waals surface area contributed by atoms with Gasteiger partial charge in [-0.2, -0.15) is 5.10 Å². The highest BCUT2D eigenvalue weighted by molar-refractivity contribution is 5.81. The van der Waals surface area contributed by atoms with Gasteiger partial charge in [-0.15, -0.1) is 0 Å². The largest absolute Gasteiger partial charge is 0.388 e. The quantitative estimate of drug-likeness (QED) is 0.466. The van der Waals surface area contributed by atoms with E-state index in [-0.39, 0.29) is 0 Å². The minimum Gasteiger partial charge on any atom is -0.388 e. The topological polar surface area (TPSA) is 80.0 Å². The third kappa shape index (κ3) is 5.55. The maximum Gasteiger partial charge on any atom is 0.217 e. The zero-order valence-electron chi connectivity index (χ0n) is 10.9. The molecule has 1 aromatic carbocycles. The van der Waals surface area contributed by atoms with Crippen molar-refractivity contribution in [2.45, 2.75) is 20.8 Å². The zero-order chi connectivity index (χ0) is 13.3. The number of hydrogen-bond donors (Lipinski definition) is 2. The summed E-state index contributed by atoms with van der Waals surface area (Å²) in [5.41, 5.74) is 12.8. The molecule has 1 rings (SSSR count). The third-order valence-corrected chi connectivity index (χ3v) is 1.85. The molecule has 0 spiro atoms. The van der Waals surface area contributed by atoms with Gasteiger partial charge in [-0.05, 0) is 19.1 Å². The van der Waals surface area contributed by atoms with Crippen LogP contribution in [0.5, 0.6) is 0 Å². The van der Waals surface area contributed by atoms with Gasteiger partial charge in [0.25, 0.3) is 0 Å². The molecular formula is C12H21N5. The van der Waals surface area contributed by atoms with Gasteiger partial charge in [0.15, 0.2) is 0 Å². The lowest BCUT2D eigenvalue weighted by Crippen LogP contribution is -2.29. The summed E-state index contributed by atoms with van der Waals surface area (Å²) in [6.45, 7) is 6.02. The number of guanidine groups is 1. The van der Waals surface area contributed by atoms with Crippen molar-refractivity contribution in [3.8, 4) is 0 Å². The maximum absolute atomic E-state index is 5.68. The summed E-state index contributed by atoms with van der Waals surface area (Å²) in [5, 5.41) is 5.17. The molecule has 0 unspecified atom stereocenters. The fourth-order valence-corrected chi connectivity index (χ4v) is 0.983. The Morgan fingerprint density at radius 3 is 2.24 bits per heavy atom. The molecule has 0 heterocycles. The number of aryl methyl sites for hydroxylation is 1. The van der Waals surface area contributed by atoms with E-state index in [1.54, 1.807) is 7.05 Å². The number of hydrazone groups is 1. The molecule has 94 valence electrons. The van der Waals surface area contributed by atoms with Crippen LogP contribution in [0.25, 0.3) is 0 Å². The highest BCUT2D eigenvalue weighted by Crippen LogP contribution is 2.12. The smallest absolute Gasteiger partial charge is 0.217 e. The van der Waals surface area contributed by atoms with Crippen LogP contribution in [0.15, 0.2) is 34.4 Å². The Hall–Kier alpha value is -2.04. The molecule has 0 aliphatic rings. The van der Waals surface area contributed by atoms with E-state index in [1.807, 2.05) is 45.0 Å².